The number of aromatic amines is 1. The van der Waals surface area contributed by atoms with E-state index in [9.17, 15) is 4.79 Å². The molecule has 2 aliphatic heterocycles. The largest absolute Gasteiger partial charge is 0.368 e. The van der Waals surface area contributed by atoms with Gasteiger partial charge in [0.05, 0.1) is 0 Å². The molecule has 1 aromatic carbocycles. The molecule has 2 aromatic rings. The van der Waals surface area contributed by atoms with E-state index in [0.29, 0.717) is 5.69 Å². The monoisotopic (exact) mass is 311 g/mol. The quantitative estimate of drug-likeness (QED) is 0.869. The number of piperazine rings is 1. The fraction of sp³-hybridized carbons (Fsp3) is 0.412. The molecule has 1 aromatic heterocycles. The molecule has 0 saturated carbocycles. The normalized spacial score (nSPS) is 17.9. The number of hydrogen-bond donors (Lipinski definition) is 2. The number of hydrogen-bond acceptors (Lipinski definition) is 4. The number of fused-ring (bicyclic) bond motifs is 1. The summed E-state index contributed by atoms with van der Waals surface area (Å²) >= 11 is 0. The summed E-state index contributed by atoms with van der Waals surface area (Å²) in [5.74, 6) is 0.0545. The summed E-state index contributed by atoms with van der Waals surface area (Å²) in [4.78, 5) is 17.0. The van der Waals surface area contributed by atoms with Crippen LogP contribution in [-0.4, -0.2) is 53.7 Å². The molecule has 3 heterocycles. The van der Waals surface area contributed by atoms with Crippen LogP contribution in [0.1, 0.15) is 21.7 Å². The fourth-order valence-electron chi connectivity index (χ4n) is 3.36. The molecule has 0 radical (unpaired) electrons. The summed E-state index contributed by atoms with van der Waals surface area (Å²) in [6.45, 7) is 4.88. The van der Waals surface area contributed by atoms with Crippen LogP contribution in [0, 0.1) is 0 Å². The number of aromatic nitrogens is 2. The number of benzene rings is 1. The van der Waals surface area contributed by atoms with Crippen molar-refractivity contribution in [1.29, 1.82) is 0 Å². The van der Waals surface area contributed by atoms with Gasteiger partial charge >= 0.3 is 0 Å². The van der Waals surface area contributed by atoms with E-state index in [-0.39, 0.29) is 5.91 Å². The number of amides is 1. The van der Waals surface area contributed by atoms with Crippen LogP contribution in [-0.2, 0) is 13.0 Å². The van der Waals surface area contributed by atoms with Crippen LogP contribution in [0.2, 0.25) is 0 Å². The minimum absolute atomic E-state index is 0.0545. The molecule has 0 unspecified atom stereocenters. The lowest BCUT2D eigenvalue weighted by atomic mass is 10.1. The van der Waals surface area contributed by atoms with Gasteiger partial charge in [-0.2, -0.15) is 5.10 Å². The summed E-state index contributed by atoms with van der Waals surface area (Å²) in [7, 11) is 0. The Balaban J connectivity index is 1.44. The van der Waals surface area contributed by atoms with Crippen LogP contribution in [0.3, 0.4) is 0 Å². The smallest absolute Gasteiger partial charge is 0.274 e. The highest BCUT2D eigenvalue weighted by molar-refractivity contribution is 5.94. The summed E-state index contributed by atoms with van der Waals surface area (Å²) in [6, 6.07) is 10.4. The zero-order valence-corrected chi connectivity index (χ0v) is 13.1. The molecule has 1 fully saturated rings. The number of para-hydroxylation sites is 1. The van der Waals surface area contributed by atoms with Gasteiger partial charge in [-0.3, -0.25) is 9.89 Å². The van der Waals surface area contributed by atoms with Gasteiger partial charge in [-0.05, 0) is 12.1 Å². The minimum atomic E-state index is 0.0545. The van der Waals surface area contributed by atoms with Crippen molar-refractivity contribution in [3.05, 3.63) is 47.3 Å². The highest BCUT2D eigenvalue weighted by atomic mass is 16.2. The van der Waals surface area contributed by atoms with Crippen LogP contribution in [0.4, 0.5) is 5.69 Å². The zero-order valence-electron chi connectivity index (χ0n) is 13.1. The third kappa shape index (κ3) is 2.70. The molecule has 6 nitrogen and oxygen atoms in total. The van der Waals surface area contributed by atoms with E-state index >= 15 is 0 Å². The van der Waals surface area contributed by atoms with E-state index in [4.69, 9.17) is 0 Å². The second kappa shape index (κ2) is 6.04. The van der Waals surface area contributed by atoms with Crippen molar-refractivity contribution in [2.75, 3.05) is 37.6 Å². The van der Waals surface area contributed by atoms with E-state index < -0.39 is 0 Å². The Morgan fingerprint density at radius 2 is 1.87 bits per heavy atom. The average molecular weight is 311 g/mol. The third-order valence-electron chi connectivity index (χ3n) is 4.70. The van der Waals surface area contributed by atoms with Crippen molar-refractivity contribution < 1.29 is 4.79 Å². The highest BCUT2D eigenvalue weighted by Gasteiger charge is 2.28. The Kier molecular flexibility index (Phi) is 3.75. The lowest BCUT2D eigenvalue weighted by Gasteiger charge is -2.36. The molecule has 6 heteroatoms. The van der Waals surface area contributed by atoms with Crippen LogP contribution in [0.5, 0.6) is 0 Å². The first-order valence-corrected chi connectivity index (χ1v) is 8.19. The Labute approximate surface area is 135 Å². The maximum absolute atomic E-state index is 12.8. The Hall–Kier alpha value is -2.34. The predicted molar refractivity (Wildman–Crippen MR) is 88.6 cm³/mol. The minimum Gasteiger partial charge on any atom is -0.368 e. The van der Waals surface area contributed by atoms with Gasteiger partial charge in [0, 0.05) is 62.6 Å². The molecular weight excluding hydrogens is 290 g/mol. The highest BCUT2D eigenvalue weighted by Crippen LogP contribution is 2.20. The van der Waals surface area contributed by atoms with Crippen molar-refractivity contribution in [3.8, 4) is 0 Å². The number of carbonyl (C=O) groups is 1. The van der Waals surface area contributed by atoms with Crippen LogP contribution in [0.25, 0.3) is 0 Å². The maximum Gasteiger partial charge on any atom is 0.274 e. The van der Waals surface area contributed by atoms with E-state index in [1.165, 1.54) is 5.69 Å². The molecule has 0 atom stereocenters. The lowest BCUT2D eigenvalue weighted by molar-refractivity contribution is 0.0739. The summed E-state index contributed by atoms with van der Waals surface area (Å²) in [6.07, 6.45) is 0.914. The van der Waals surface area contributed by atoms with Gasteiger partial charge in [-0.25, -0.2) is 0 Å². The second-order valence-corrected chi connectivity index (χ2v) is 6.07. The molecule has 1 saturated heterocycles. The van der Waals surface area contributed by atoms with Crippen molar-refractivity contribution in [2.45, 2.75) is 13.0 Å². The number of anilines is 1. The predicted octanol–water partition coefficient (Wildman–Crippen LogP) is 1.02. The van der Waals surface area contributed by atoms with Gasteiger partial charge in [0.25, 0.3) is 5.91 Å². The van der Waals surface area contributed by atoms with Gasteiger partial charge < -0.3 is 15.1 Å². The van der Waals surface area contributed by atoms with Crippen molar-refractivity contribution in [2.24, 2.45) is 0 Å². The van der Waals surface area contributed by atoms with Gasteiger partial charge in [0.2, 0.25) is 0 Å². The van der Waals surface area contributed by atoms with E-state index in [1.807, 2.05) is 11.0 Å². The molecule has 120 valence electrons. The Morgan fingerprint density at radius 1 is 1.09 bits per heavy atom. The topological polar surface area (TPSA) is 64.3 Å². The first-order valence-electron chi connectivity index (χ1n) is 8.19. The molecule has 0 bridgehead atoms. The average Bonchev–Trinajstić information content (AvgIpc) is 3.06. The second-order valence-electron chi connectivity index (χ2n) is 6.07. The number of carbonyl (C=O) groups excluding carboxylic acids is 1. The van der Waals surface area contributed by atoms with Crippen LogP contribution < -0.4 is 10.2 Å². The van der Waals surface area contributed by atoms with E-state index in [2.05, 4.69) is 44.7 Å². The number of H-pyrrole nitrogens is 1. The molecule has 2 N–H and O–H groups in total. The van der Waals surface area contributed by atoms with Crippen LogP contribution >= 0.6 is 0 Å². The molecule has 4 rings (SSSR count). The summed E-state index contributed by atoms with van der Waals surface area (Å²) < 4.78 is 0. The molecule has 0 aliphatic carbocycles. The van der Waals surface area contributed by atoms with Gasteiger partial charge in [0.15, 0.2) is 5.69 Å². The maximum atomic E-state index is 12.8. The van der Waals surface area contributed by atoms with Gasteiger partial charge in [-0.15, -0.1) is 0 Å². The van der Waals surface area contributed by atoms with E-state index in [1.54, 1.807) is 0 Å². The Morgan fingerprint density at radius 3 is 2.65 bits per heavy atom. The van der Waals surface area contributed by atoms with Crippen molar-refractivity contribution in [1.82, 2.24) is 20.4 Å². The molecule has 23 heavy (non-hydrogen) atoms. The SMILES string of the molecule is O=C(c1n[nH]c2c1CNCC2)N1CCN(c2ccccc2)CC1. The molecule has 0 spiro atoms. The molecule has 2 aliphatic rings. The van der Waals surface area contributed by atoms with Gasteiger partial charge in [-0.1, -0.05) is 18.2 Å². The van der Waals surface area contributed by atoms with Gasteiger partial charge in [0.1, 0.15) is 0 Å². The van der Waals surface area contributed by atoms with Crippen molar-refractivity contribution >= 4 is 11.6 Å². The summed E-state index contributed by atoms with van der Waals surface area (Å²) in [5.41, 5.74) is 3.98. The first kappa shape index (κ1) is 14.3. The molecular formula is C17H21N5O. The number of nitrogens with one attached hydrogen (secondary N) is 2. The number of nitrogens with zero attached hydrogens (tertiary/aromatic N) is 3. The van der Waals surface area contributed by atoms with Crippen molar-refractivity contribution in [3.63, 3.8) is 0 Å². The van der Waals surface area contributed by atoms with E-state index in [0.717, 1.165) is 56.9 Å². The first-order chi connectivity index (χ1) is 11.3. The number of rotatable bonds is 2. The third-order valence-corrected chi connectivity index (χ3v) is 4.70. The fourth-order valence-corrected chi connectivity index (χ4v) is 3.36. The molecule has 1 amide bonds. The Bertz CT molecular complexity index is 688. The standard InChI is InChI=1S/C17H21N5O/c23-17(16-14-12-18-7-6-15(14)19-20-16)22-10-8-21(9-11-22)13-4-2-1-3-5-13/h1-5,18H,6-12H2,(H,19,20). The van der Waals surface area contributed by atoms with Crippen LogP contribution in [0.15, 0.2) is 30.3 Å². The zero-order chi connectivity index (χ0) is 15.6. The lowest BCUT2D eigenvalue weighted by Crippen LogP contribution is -2.49. The summed E-state index contributed by atoms with van der Waals surface area (Å²) in [5, 5.41) is 10.6.